The average Bonchev–Trinajstić information content (AvgIpc) is 2.31. The summed E-state index contributed by atoms with van der Waals surface area (Å²) in [7, 11) is 0.785. The highest BCUT2D eigenvalue weighted by Crippen LogP contribution is 2.44. The van der Waals surface area contributed by atoms with Crippen LogP contribution in [0, 0.1) is 0 Å². The Labute approximate surface area is 135 Å². The molecule has 0 aromatic carbocycles. The Bertz CT molecular complexity index is 477. The molecule has 0 saturated heterocycles. The molecule has 0 saturated carbocycles. The number of hydrogen-bond acceptors (Lipinski definition) is 6. The zero-order valence-electron chi connectivity index (χ0n) is 12.0. The van der Waals surface area contributed by atoms with Crippen LogP contribution in [0.2, 0.25) is 0 Å². The van der Waals surface area contributed by atoms with E-state index in [1.807, 2.05) is 4.74 Å². The van der Waals surface area contributed by atoms with E-state index < -0.39 is 50.2 Å². The van der Waals surface area contributed by atoms with Crippen LogP contribution in [0.1, 0.15) is 0 Å². The third-order valence-electron chi connectivity index (χ3n) is 1.82. The van der Waals surface area contributed by atoms with E-state index in [-0.39, 0.29) is 0 Å². The summed E-state index contributed by atoms with van der Waals surface area (Å²) in [5.41, 5.74) is 0. The fourth-order valence-electron chi connectivity index (χ4n) is 0.950. The van der Waals surface area contributed by atoms with E-state index >= 15 is 0 Å². The minimum atomic E-state index is -6.75. The average molecular weight is 420 g/mol. The molecular weight excluding hydrogens is 413 g/mol. The Hall–Kier alpha value is -1.46. The van der Waals surface area contributed by atoms with Gasteiger partial charge in [-0.1, -0.05) is 0 Å². The maximum atomic E-state index is 12.9. The van der Waals surface area contributed by atoms with E-state index in [2.05, 4.69) is 14.2 Å². The molecule has 156 valence electrons. The molecule has 26 heavy (non-hydrogen) atoms. The van der Waals surface area contributed by atoms with E-state index in [4.69, 9.17) is 0 Å². The lowest BCUT2D eigenvalue weighted by Gasteiger charge is -2.30. The lowest BCUT2D eigenvalue weighted by Crippen LogP contribution is -2.52. The summed E-state index contributed by atoms with van der Waals surface area (Å²) in [4.78, 5) is 10.5. The first-order valence-electron chi connectivity index (χ1n) is 5.65. The van der Waals surface area contributed by atoms with Crippen molar-refractivity contribution in [2.75, 3.05) is 20.3 Å². The van der Waals surface area contributed by atoms with E-state index in [1.54, 1.807) is 4.74 Å². The molecule has 17 heteroatoms. The van der Waals surface area contributed by atoms with Crippen molar-refractivity contribution < 1.29 is 76.8 Å². The number of ether oxygens (including phenoxy) is 5. The molecule has 0 spiro atoms. The second kappa shape index (κ2) is 8.05. The number of hydrogen-bond donors (Lipinski definition) is 0. The quantitative estimate of drug-likeness (QED) is 0.308. The summed E-state index contributed by atoms with van der Waals surface area (Å²) >= 11 is 0. The standard InChI is InChI=1S/C9H7F11O6/c1-22-4(21)2-23-3-5(10,11)24-9(19,20)26-7(14,15)6(12,13)25-8(16,17)18/h2-3H2,1H3. The Morgan fingerprint density at radius 3 is 1.65 bits per heavy atom. The van der Waals surface area contributed by atoms with E-state index in [1.165, 1.54) is 0 Å². The van der Waals surface area contributed by atoms with Gasteiger partial charge in [0.2, 0.25) is 0 Å². The Morgan fingerprint density at radius 1 is 0.769 bits per heavy atom. The maximum absolute atomic E-state index is 12.9. The van der Waals surface area contributed by atoms with Crippen LogP contribution in [-0.4, -0.2) is 57.3 Å². The molecular formula is C9H7F11O6. The maximum Gasteiger partial charge on any atom is 0.527 e. The van der Waals surface area contributed by atoms with Gasteiger partial charge in [-0.2, -0.15) is 26.3 Å². The smallest absolute Gasteiger partial charge is 0.467 e. The first-order valence-corrected chi connectivity index (χ1v) is 5.65. The fourth-order valence-corrected chi connectivity index (χ4v) is 0.950. The van der Waals surface area contributed by atoms with Crippen molar-refractivity contribution >= 4 is 5.97 Å². The SMILES string of the molecule is COC(=O)COCC(F)(F)OC(F)(F)OC(F)(F)C(F)(F)OC(F)(F)F. The molecule has 0 radical (unpaired) electrons. The molecule has 0 heterocycles. The van der Waals surface area contributed by atoms with Gasteiger partial charge in [0.15, 0.2) is 0 Å². The van der Waals surface area contributed by atoms with Crippen molar-refractivity contribution in [1.29, 1.82) is 0 Å². The number of alkyl halides is 11. The molecule has 0 aliphatic carbocycles. The van der Waals surface area contributed by atoms with Crippen molar-refractivity contribution in [3.8, 4) is 0 Å². The second-order valence-corrected chi connectivity index (χ2v) is 3.96. The van der Waals surface area contributed by atoms with Crippen LogP contribution in [0.3, 0.4) is 0 Å². The molecule has 0 rings (SSSR count). The van der Waals surface area contributed by atoms with Crippen LogP contribution in [-0.2, 0) is 28.5 Å². The first kappa shape index (κ1) is 24.5. The minimum Gasteiger partial charge on any atom is -0.467 e. The highest BCUT2D eigenvalue weighted by molar-refractivity contribution is 5.70. The molecule has 0 unspecified atom stereocenters. The van der Waals surface area contributed by atoms with Crippen LogP contribution in [0.5, 0.6) is 0 Å². The van der Waals surface area contributed by atoms with Crippen LogP contribution in [0.4, 0.5) is 48.3 Å². The number of carbonyl (C=O) groups is 1. The van der Waals surface area contributed by atoms with E-state index in [0.717, 1.165) is 7.11 Å². The van der Waals surface area contributed by atoms with Crippen molar-refractivity contribution in [2.24, 2.45) is 0 Å². The van der Waals surface area contributed by atoms with Gasteiger partial charge in [-0.25, -0.2) is 19.0 Å². The monoisotopic (exact) mass is 420 g/mol. The third kappa shape index (κ3) is 8.77. The van der Waals surface area contributed by atoms with Crippen LogP contribution in [0.15, 0.2) is 0 Å². The van der Waals surface area contributed by atoms with Crippen LogP contribution in [0.25, 0.3) is 0 Å². The lowest BCUT2D eigenvalue weighted by molar-refractivity contribution is -0.573. The topological polar surface area (TPSA) is 63.2 Å². The lowest BCUT2D eigenvalue weighted by atomic mass is 10.5. The van der Waals surface area contributed by atoms with Gasteiger partial charge in [0.1, 0.15) is 13.2 Å². The van der Waals surface area contributed by atoms with E-state index in [0.29, 0.717) is 0 Å². The summed E-state index contributed by atoms with van der Waals surface area (Å²) in [6, 6.07) is 0. The van der Waals surface area contributed by atoms with Crippen molar-refractivity contribution in [3.05, 3.63) is 0 Å². The number of carbonyl (C=O) groups excluding carboxylic acids is 1. The zero-order valence-corrected chi connectivity index (χ0v) is 12.0. The van der Waals surface area contributed by atoms with Gasteiger partial charge < -0.3 is 9.47 Å². The van der Waals surface area contributed by atoms with Gasteiger partial charge in [0.05, 0.1) is 7.11 Å². The number of rotatable bonds is 10. The fraction of sp³-hybridized carbons (Fsp3) is 0.889. The molecule has 0 aliphatic heterocycles. The zero-order chi connectivity index (χ0) is 21.0. The number of halogens is 11. The highest BCUT2D eigenvalue weighted by Gasteiger charge is 2.69. The van der Waals surface area contributed by atoms with Gasteiger partial charge in [0, 0.05) is 0 Å². The van der Waals surface area contributed by atoms with Crippen molar-refractivity contribution in [1.82, 2.24) is 0 Å². The predicted octanol–water partition coefficient (Wildman–Crippen LogP) is 3.07. The highest BCUT2D eigenvalue weighted by atomic mass is 19.4. The van der Waals surface area contributed by atoms with E-state index in [9.17, 15) is 53.1 Å². The Kier molecular flexibility index (Phi) is 7.60. The normalized spacial score (nSPS) is 14.5. The van der Waals surface area contributed by atoms with Gasteiger partial charge >= 0.3 is 37.0 Å². The number of methoxy groups -OCH3 is 1. The summed E-state index contributed by atoms with van der Waals surface area (Å²) in [5, 5.41) is 0. The summed E-state index contributed by atoms with van der Waals surface area (Å²) in [6.07, 6.45) is -31.3. The molecule has 6 nitrogen and oxygen atoms in total. The van der Waals surface area contributed by atoms with Crippen LogP contribution < -0.4 is 0 Å². The summed E-state index contributed by atoms with van der Waals surface area (Å²) in [5.74, 6) is -1.26. The minimum absolute atomic E-state index is 0.785. The number of esters is 1. The van der Waals surface area contributed by atoms with Gasteiger partial charge in [-0.05, 0) is 0 Å². The predicted molar refractivity (Wildman–Crippen MR) is 51.9 cm³/mol. The van der Waals surface area contributed by atoms with Crippen molar-refractivity contribution in [2.45, 2.75) is 31.0 Å². The van der Waals surface area contributed by atoms with Gasteiger partial charge in [-0.3, -0.25) is 0 Å². The molecule has 0 aromatic rings. The molecule has 0 aliphatic rings. The van der Waals surface area contributed by atoms with Crippen LogP contribution >= 0.6 is 0 Å². The summed E-state index contributed by atoms with van der Waals surface area (Å²) in [6.45, 7) is -3.42. The third-order valence-corrected chi connectivity index (χ3v) is 1.82. The molecule has 0 bridgehead atoms. The van der Waals surface area contributed by atoms with Crippen molar-refractivity contribution in [3.63, 3.8) is 0 Å². The molecule has 0 N–H and O–H groups in total. The summed E-state index contributed by atoms with van der Waals surface area (Å²) < 4.78 is 150. The van der Waals surface area contributed by atoms with Gasteiger partial charge in [-0.15, -0.1) is 22.0 Å². The Balaban J connectivity index is 4.96. The van der Waals surface area contributed by atoms with Gasteiger partial charge in [0.25, 0.3) is 0 Å². The first-order chi connectivity index (χ1) is 11.3. The molecule has 0 atom stereocenters. The molecule has 0 fully saturated rings. The second-order valence-electron chi connectivity index (χ2n) is 3.96. The largest absolute Gasteiger partial charge is 0.527 e. The Morgan fingerprint density at radius 2 is 1.23 bits per heavy atom. The molecule has 0 aromatic heterocycles. The molecule has 0 amide bonds.